The molecule has 0 aliphatic carbocycles. The number of carbonyl (C=O) groups excluding carboxylic acids is 2. The first-order chi connectivity index (χ1) is 14.4. The number of benzene rings is 2. The Morgan fingerprint density at radius 3 is 2.33 bits per heavy atom. The fourth-order valence-corrected chi connectivity index (χ4v) is 2.62. The van der Waals surface area contributed by atoms with E-state index in [4.69, 9.17) is 35.8 Å². The highest BCUT2D eigenvalue weighted by molar-refractivity contribution is 6.31. The summed E-state index contributed by atoms with van der Waals surface area (Å²) in [5.41, 5.74) is 1.07. The summed E-state index contributed by atoms with van der Waals surface area (Å²) < 4.78 is 20.7. The van der Waals surface area contributed by atoms with Crippen LogP contribution in [0.25, 0.3) is 6.08 Å². The van der Waals surface area contributed by atoms with E-state index in [9.17, 15) is 9.59 Å². The standard InChI is InChI=1S/C21H19ClN2O6/c1-27-17-8-13(9-18(28-2)21(17)29-3)4-7-20(26)30-12-19(25)24-16-10-15(22)6-5-14(16)11-23/h4-10H,12H2,1-3H3,(H,24,25)/b7-4+. The molecule has 0 unspecified atom stereocenters. The summed E-state index contributed by atoms with van der Waals surface area (Å²) in [6.07, 6.45) is 2.64. The van der Waals surface area contributed by atoms with Crippen molar-refractivity contribution in [1.82, 2.24) is 0 Å². The second-order valence-corrected chi connectivity index (χ2v) is 6.19. The normalized spacial score (nSPS) is 10.2. The number of methoxy groups -OCH3 is 3. The zero-order valence-electron chi connectivity index (χ0n) is 16.5. The second kappa shape index (κ2) is 10.7. The number of rotatable bonds is 8. The summed E-state index contributed by atoms with van der Waals surface area (Å²) in [6, 6.07) is 9.69. The largest absolute Gasteiger partial charge is 0.493 e. The third-order valence-electron chi connectivity index (χ3n) is 3.82. The van der Waals surface area contributed by atoms with Gasteiger partial charge in [0.2, 0.25) is 5.75 Å². The third kappa shape index (κ3) is 5.90. The molecule has 2 rings (SSSR count). The van der Waals surface area contributed by atoms with Crippen LogP contribution in [-0.2, 0) is 14.3 Å². The van der Waals surface area contributed by atoms with Gasteiger partial charge in [-0.2, -0.15) is 5.26 Å². The highest BCUT2D eigenvalue weighted by Gasteiger charge is 2.13. The molecule has 0 aromatic heterocycles. The van der Waals surface area contributed by atoms with Crippen LogP contribution >= 0.6 is 11.6 Å². The smallest absolute Gasteiger partial charge is 0.331 e. The Hall–Kier alpha value is -3.70. The fraction of sp³-hybridized carbons (Fsp3) is 0.190. The van der Waals surface area contributed by atoms with Crippen LogP contribution in [0.1, 0.15) is 11.1 Å². The zero-order chi connectivity index (χ0) is 22.1. The summed E-state index contributed by atoms with van der Waals surface area (Å²) >= 11 is 5.87. The minimum absolute atomic E-state index is 0.235. The van der Waals surface area contributed by atoms with E-state index < -0.39 is 18.5 Å². The van der Waals surface area contributed by atoms with Gasteiger partial charge in [0.05, 0.1) is 32.6 Å². The predicted octanol–water partition coefficient (Wildman–Crippen LogP) is 3.43. The lowest BCUT2D eigenvalue weighted by Gasteiger charge is -2.12. The van der Waals surface area contributed by atoms with Crippen LogP contribution in [0.5, 0.6) is 17.2 Å². The lowest BCUT2D eigenvalue weighted by atomic mass is 10.1. The van der Waals surface area contributed by atoms with Gasteiger partial charge in [0.15, 0.2) is 18.1 Å². The van der Waals surface area contributed by atoms with Crippen molar-refractivity contribution in [1.29, 1.82) is 5.26 Å². The molecule has 0 bridgehead atoms. The molecule has 2 aromatic carbocycles. The zero-order valence-corrected chi connectivity index (χ0v) is 17.3. The Balaban J connectivity index is 1.99. The first-order valence-corrected chi connectivity index (χ1v) is 8.94. The van der Waals surface area contributed by atoms with E-state index >= 15 is 0 Å². The Labute approximate surface area is 178 Å². The summed E-state index contributed by atoms with van der Waals surface area (Å²) in [4.78, 5) is 23.9. The molecule has 1 N–H and O–H groups in total. The van der Waals surface area contributed by atoms with Gasteiger partial charge >= 0.3 is 5.97 Å². The van der Waals surface area contributed by atoms with Crippen LogP contribution in [0.2, 0.25) is 5.02 Å². The average molecular weight is 431 g/mol. The van der Waals surface area contributed by atoms with Crippen molar-refractivity contribution in [3.8, 4) is 23.3 Å². The van der Waals surface area contributed by atoms with Gasteiger partial charge in [-0.3, -0.25) is 4.79 Å². The molecule has 2 aromatic rings. The number of esters is 1. The van der Waals surface area contributed by atoms with Crippen molar-refractivity contribution in [2.45, 2.75) is 0 Å². The van der Waals surface area contributed by atoms with Crippen LogP contribution in [0.3, 0.4) is 0 Å². The molecule has 30 heavy (non-hydrogen) atoms. The first kappa shape index (κ1) is 22.6. The molecular weight excluding hydrogens is 412 g/mol. The topological polar surface area (TPSA) is 107 Å². The van der Waals surface area contributed by atoms with Gasteiger partial charge in [0, 0.05) is 11.1 Å². The van der Waals surface area contributed by atoms with E-state index in [2.05, 4.69) is 5.32 Å². The Morgan fingerprint density at radius 1 is 1.10 bits per heavy atom. The maximum absolute atomic E-state index is 12.0. The van der Waals surface area contributed by atoms with E-state index in [1.165, 1.54) is 45.6 Å². The van der Waals surface area contributed by atoms with Gasteiger partial charge in [-0.25, -0.2) is 4.79 Å². The molecule has 0 heterocycles. The molecule has 9 heteroatoms. The molecule has 0 spiro atoms. The number of carbonyl (C=O) groups is 2. The Kier molecular flexibility index (Phi) is 8.08. The highest BCUT2D eigenvalue weighted by Crippen LogP contribution is 2.38. The van der Waals surface area contributed by atoms with E-state index in [0.29, 0.717) is 27.8 Å². The molecule has 0 atom stereocenters. The number of amides is 1. The lowest BCUT2D eigenvalue weighted by molar-refractivity contribution is -0.142. The number of nitriles is 1. The van der Waals surface area contributed by atoms with E-state index in [-0.39, 0.29) is 11.3 Å². The van der Waals surface area contributed by atoms with E-state index in [1.807, 2.05) is 6.07 Å². The minimum atomic E-state index is -0.731. The molecule has 0 saturated carbocycles. The number of nitrogens with one attached hydrogen (secondary N) is 1. The molecule has 0 saturated heterocycles. The SMILES string of the molecule is COc1cc(/C=C/C(=O)OCC(=O)Nc2cc(Cl)ccc2C#N)cc(OC)c1OC. The summed E-state index contributed by atoms with van der Waals surface area (Å²) in [5, 5.41) is 11.9. The number of hydrogen-bond donors (Lipinski definition) is 1. The van der Waals surface area contributed by atoms with Crippen molar-refractivity contribution >= 4 is 35.2 Å². The van der Waals surface area contributed by atoms with Gasteiger partial charge in [-0.15, -0.1) is 0 Å². The quantitative estimate of drug-likeness (QED) is 0.505. The number of anilines is 1. The predicted molar refractivity (Wildman–Crippen MR) is 111 cm³/mol. The van der Waals surface area contributed by atoms with E-state index in [0.717, 1.165) is 6.08 Å². The molecule has 0 aliphatic heterocycles. The van der Waals surface area contributed by atoms with E-state index in [1.54, 1.807) is 12.1 Å². The summed E-state index contributed by atoms with van der Waals surface area (Å²) in [5.74, 6) is -0.0546. The van der Waals surface area contributed by atoms with Gasteiger partial charge in [0.25, 0.3) is 5.91 Å². The van der Waals surface area contributed by atoms with Crippen LogP contribution < -0.4 is 19.5 Å². The van der Waals surface area contributed by atoms with Crippen molar-refractivity contribution in [2.24, 2.45) is 0 Å². The molecule has 1 amide bonds. The van der Waals surface area contributed by atoms with Crippen molar-refractivity contribution in [2.75, 3.05) is 33.3 Å². The van der Waals surface area contributed by atoms with Crippen molar-refractivity contribution in [3.63, 3.8) is 0 Å². The molecule has 8 nitrogen and oxygen atoms in total. The van der Waals surface area contributed by atoms with Crippen LogP contribution in [0, 0.1) is 11.3 Å². The van der Waals surface area contributed by atoms with Gasteiger partial charge in [0.1, 0.15) is 6.07 Å². The summed E-state index contributed by atoms with van der Waals surface area (Å²) in [7, 11) is 4.45. The Bertz CT molecular complexity index is 988. The summed E-state index contributed by atoms with van der Waals surface area (Å²) in [6.45, 7) is -0.532. The van der Waals surface area contributed by atoms with Gasteiger partial charge in [-0.1, -0.05) is 11.6 Å². The molecule has 0 aliphatic rings. The maximum Gasteiger partial charge on any atom is 0.331 e. The molecule has 156 valence electrons. The highest BCUT2D eigenvalue weighted by atomic mass is 35.5. The number of ether oxygens (including phenoxy) is 4. The number of nitrogens with zero attached hydrogens (tertiary/aromatic N) is 1. The number of halogens is 1. The Morgan fingerprint density at radius 2 is 1.77 bits per heavy atom. The average Bonchev–Trinajstić information content (AvgIpc) is 2.75. The maximum atomic E-state index is 12.0. The number of hydrogen-bond acceptors (Lipinski definition) is 7. The van der Waals surface area contributed by atoms with Crippen molar-refractivity contribution in [3.05, 3.63) is 52.6 Å². The van der Waals surface area contributed by atoms with Crippen LogP contribution in [0.4, 0.5) is 5.69 Å². The molecular formula is C21H19ClN2O6. The lowest BCUT2D eigenvalue weighted by Crippen LogP contribution is -2.20. The van der Waals surface area contributed by atoms with Crippen LogP contribution in [0.15, 0.2) is 36.4 Å². The molecule has 0 radical (unpaired) electrons. The first-order valence-electron chi connectivity index (χ1n) is 8.56. The van der Waals surface area contributed by atoms with Gasteiger partial charge < -0.3 is 24.3 Å². The second-order valence-electron chi connectivity index (χ2n) is 5.75. The monoisotopic (exact) mass is 430 g/mol. The van der Waals surface area contributed by atoms with Gasteiger partial charge in [-0.05, 0) is 42.0 Å². The van der Waals surface area contributed by atoms with Crippen LogP contribution in [-0.4, -0.2) is 39.8 Å². The third-order valence-corrected chi connectivity index (χ3v) is 4.06. The minimum Gasteiger partial charge on any atom is -0.493 e. The fourth-order valence-electron chi connectivity index (χ4n) is 2.45. The molecule has 0 fully saturated rings. The van der Waals surface area contributed by atoms with Crippen molar-refractivity contribution < 1.29 is 28.5 Å².